The fraction of sp³-hybridized carbons (Fsp3) is 0.929. The molecule has 4 atom stereocenters. The second-order valence-corrected chi connectivity index (χ2v) is 6.16. The summed E-state index contributed by atoms with van der Waals surface area (Å²) in [7, 11) is 0. The Morgan fingerprint density at radius 2 is 2.12 bits per heavy atom. The Hall–Kier alpha value is -0.570. The van der Waals surface area contributed by atoms with E-state index in [2.05, 4.69) is 37.9 Å². The normalized spacial score (nSPS) is 37.0. The fourth-order valence-corrected chi connectivity index (χ4v) is 2.86. The average molecular weight is 238 g/mol. The summed E-state index contributed by atoms with van der Waals surface area (Å²) in [6, 6.07) is 0.0708. The van der Waals surface area contributed by atoms with Gasteiger partial charge in [0, 0.05) is 6.54 Å². The number of hydrogen-bond donors (Lipinski definition) is 1. The lowest BCUT2D eigenvalue weighted by Crippen LogP contribution is -2.42. The van der Waals surface area contributed by atoms with Crippen LogP contribution in [0.4, 0.5) is 0 Å². The van der Waals surface area contributed by atoms with E-state index < -0.39 is 0 Å². The van der Waals surface area contributed by atoms with Gasteiger partial charge in [-0.15, -0.1) is 0 Å². The molecule has 2 aliphatic rings. The number of rotatable bonds is 5. The molecule has 17 heavy (non-hydrogen) atoms. The van der Waals surface area contributed by atoms with E-state index in [0.717, 1.165) is 31.2 Å². The highest BCUT2D eigenvalue weighted by molar-refractivity contribution is 5.84. The Balaban J connectivity index is 2.01. The van der Waals surface area contributed by atoms with Crippen LogP contribution in [-0.2, 0) is 4.79 Å². The lowest BCUT2D eigenvalue weighted by molar-refractivity contribution is -0.130. The van der Waals surface area contributed by atoms with Crippen molar-refractivity contribution >= 4 is 5.91 Å². The Kier molecular flexibility index (Phi) is 3.76. The quantitative estimate of drug-likeness (QED) is 0.796. The first-order valence-corrected chi connectivity index (χ1v) is 7.11. The van der Waals surface area contributed by atoms with E-state index in [1.807, 2.05) is 0 Å². The van der Waals surface area contributed by atoms with Crippen LogP contribution in [0.2, 0.25) is 0 Å². The van der Waals surface area contributed by atoms with Gasteiger partial charge in [0.2, 0.25) is 5.91 Å². The molecular formula is C14H26N2O. The lowest BCUT2D eigenvalue weighted by atomic mass is 10.1. The molecule has 2 rings (SSSR count). The zero-order valence-corrected chi connectivity index (χ0v) is 11.6. The Morgan fingerprint density at radius 1 is 1.47 bits per heavy atom. The molecule has 1 saturated carbocycles. The van der Waals surface area contributed by atoms with E-state index in [9.17, 15) is 4.79 Å². The van der Waals surface area contributed by atoms with Crippen LogP contribution in [0, 0.1) is 17.8 Å². The van der Waals surface area contributed by atoms with Gasteiger partial charge in [-0.2, -0.15) is 0 Å². The summed E-state index contributed by atoms with van der Waals surface area (Å²) in [5.74, 6) is 2.41. The van der Waals surface area contributed by atoms with Gasteiger partial charge in [-0.3, -0.25) is 10.1 Å². The van der Waals surface area contributed by atoms with Crippen LogP contribution in [0.25, 0.3) is 0 Å². The molecule has 0 bridgehead atoms. The largest absolute Gasteiger partial charge is 0.325 e. The number of hydrogen-bond acceptors (Lipinski definition) is 2. The highest BCUT2D eigenvalue weighted by atomic mass is 16.2. The number of amides is 1. The van der Waals surface area contributed by atoms with E-state index in [1.54, 1.807) is 0 Å². The van der Waals surface area contributed by atoms with Crippen LogP contribution >= 0.6 is 0 Å². The van der Waals surface area contributed by atoms with Crippen molar-refractivity contribution in [3.05, 3.63) is 0 Å². The molecule has 3 nitrogen and oxygen atoms in total. The predicted molar refractivity (Wildman–Crippen MR) is 69.4 cm³/mol. The molecule has 1 aliphatic heterocycles. The minimum absolute atomic E-state index is 0.0708. The number of nitrogens with one attached hydrogen (secondary N) is 1. The van der Waals surface area contributed by atoms with Crippen LogP contribution in [0.1, 0.15) is 47.0 Å². The minimum Gasteiger partial charge on any atom is -0.325 e. The van der Waals surface area contributed by atoms with Gasteiger partial charge in [0.05, 0.1) is 12.2 Å². The fourth-order valence-electron chi connectivity index (χ4n) is 2.86. The Labute approximate surface area is 105 Å². The van der Waals surface area contributed by atoms with Gasteiger partial charge in [0.25, 0.3) is 0 Å². The van der Waals surface area contributed by atoms with Gasteiger partial charge in [0.15, 0.2) is 0 Å². The molecule has 2 fully saturated rings. The maximum Gasteiger partial charge on any atom is 0.241 e. The summed E-state index contributed by atoms with van der Waals surface area (Å²) in [5.41, 5.74) is 0. The third-order valence-corrected chi connectivity index (χ3v) is 4.21. The SMILES string of the molecule is CCCC1NC(C(C)C)N(CC2CC2C)C1=O. The van der Waals surface area contributed by atoms with Gasteiger partial charge < -0.3 is 4.90 Å². The Morgan fingerprint density at radius 3 is 2.59 bits per heavy atom. The maximum absolute atomic E-state index is 12.3. The summed E-state index contributed by atoms with van der Waals surface area (Å²) < 4.78 is 0. The second-order valence-electron chi connectivity index (χ2n) is 6.16. The van der Waals surface area contributed by atoms with Crippen molar-refractivity contribution in [1.82, 2.24) is 10.2 Å². The van der Waals surface area contributed by atoms with Crippen molar-refractivity contribution in [1.29, 1.82) is 0 Å². The van der Waals surface area contributed by atoms with E-state index in [0.29, 0.717) is 11.8 Å². The van der Waals surface area contributed by atoms with Crippen molar-refractivity contribution in [2.45, 2.75) is 59.2 Å². The summed E-state index contributed by atoms with van der Waals surface area (Å²) >= 11 is 0. The van der Waals surface area contributed by atoms with E-state index in [1.165, 1.54) is 6.42 Å². The van der Waals surface area contributed by atoms with Crippen molar-refractivity contribution in [2.75, 3.05) is 6.54 Å². The van der Waals surface area contributed by atoms with Gasteiger partial charge in [0.1, 0.15) is 0 Å². The molecule has 1 saturated heterocycles. The maximum atomic E-state index is 12.3. The topological polar surface area (TPSA) is 32.3 Å². The molecule has 0 aromatic carbocycles. The first kappa shape index (κ1) is 12.9. The molecule has 0 aromatic rings. The van der Waals surface area contributed by atoms with Gasteiger partial charge >= 0.3 is 0 Å². The van der Waals surface area contributed by atoms with Gasteiger partial charge in [-0.05, 0) is 30.6 Å². The van der Waals surface area contributed by atoms with E-state index in [-0.39, 0.29) is 12.2 Å². The molecule has 1 N–H and O–H groups in total. The van der Waals surface area contributed by atoms with Crippen molar-refractivity contribution in [3.8, 4) is 0 Å². The summed E-state index contributed by atoms with van der Waals surface area (Å²) in [5, 5.41) is 3.52. The zero-order chi connectivity index (χ0) is 12.6. The number of carbonyl (C=O) groups excluding carboxylic acids is 1. The van der Waals surface area contributed by atoms with Crippen LogP contribution in [0.5, 0.6) is 0 Å². The van der Waals surface area contributed by atoms with E-state index in [4.69, 9.17) is 0 Å². The third kappa shape index (κ3) is 2.65. The van der Waals surface area contributed by atoms with Gasteiger partial charge in [-0.1, -0.05) is 34.1 Å². The standard InChI is InChI=1S/C14H26N2O/c1-5-6-12-14(17)16(8-11-7-10(11)4)13(15-12)9(2)3/h9-13,15H,5-8H2,1-4H3. The molecule has 0 radical (unpaired) electrons. The lowest BCUT2D eigenvalue weighted by Gasteiger charge is -2.27. The third-order valence-electron chi connectivity index (χ3n) is 4.21. The molecule has 1 aliphatic carbocycles. The molecule has 1 amide bonds. The molecule has 1 heterocycles. The first-order valence-electron chi connectivity index (χ1n) is 7.11. The number of carbonyl (C=O) groups is 1. The highest BCUT2D eigenvalue weighted by Crippen LogP contribution is 2.39. The van der Waals surface area contributed by atoms with Gasteiger partial charge in [-0.25, -0.2) is 0 Å². The molecule has 0 spiro atoms. The zero-order valence-electron chi connectivity index (χ0n) is 11.6. The van der Waals surface area contributed by atoms with Crippen LogP contribution < -0.4 is 5.32 Å². The van der Waals surface area contributed by atoms with Crippen LogP contribution in [0.15, 0.2) is 0 Å². The predicted octanol–water partition coefficient (Wildman–Crippen LogP) is 2.22. The smallest absolute Gasteiger partial charge is 0.241 e. The molecule has 3 heteroatoms. The van der Waals surface area contributed by atoms with Crippen LogP contribution in [0.3, 0.4) is 0 Å². The summed E-state index contributed by atoms with van der Waals surface area (Å²) in [6.45, 7) is 9.79. The highest BCUT2D eigenvalue weighted by Gasteiger charge is 2.43. The molecular weight excluding hydrogens is 212 g/mol. The number of nitrogens with zero attached hydrogens (tertiary/aromatic N) is 1. The van der Waals surface area contributed by atoms with E-state index >= 15 is 0 Å². The Bertz CT molecular complexity index is 290. The van der Waals surface area contributed by atoms with Crippen molar-refractivity contribution < 1.29 is 4.79 Å². The second kappa shape index (κ2) is 4.97. The molecule has 0 aromatic heterocycles. The monoisotopic (exact) mass is 238 g/mol. The summed E-state index contributed by atoms with van der Waals surface area (Å²) in [4.78, 5) is 14.5. The van der Waals surface area contributed by atoms with Crippen molar-refractivity contribution in [3.63, 3.8) is 0 Å². The minimum atomic E-state index is 0.0708. The molecule has 98 valence electrons. The van der Waals surface area contributed by atoms with Crippen LogP contribution in [-0.4, -0.2) is 29.6 Å². The molecule has 4 unspecified atom stereocenters. The first-order chi connectivity index (χ1) is 8.04. The van der Waals surface area contributed by atoms with Crippen molar-refractivity contribution in [2.24, 2.45) is 17.8 Å². The average Bonchev–Trinajstić information content (AvgIpc) is 2.87. The summed E-state index contributed by atoms with van der Waals surface area (Å²) in [6.07, 6.45) is 3.60.